The van der Waals surface area contributed by atoms with E-state index < -0.39 is 37.1 Å². The molecule has 6 heterocycles. The van der Waals surface area contributed by atoms with Crippen molar-refractivity contribution in [1.82, 2.24) is 24.8 Å². The number of hydrogen-bond acceptors (Lipinski definition) is 10. The number of amides is 1. The molecule has 1 saturated carbocycles. The second kappa shape index (κ2) is 17.8. The van der Waals surface area contributed by atoms with Crippen molar-refractivity contribution in [1.29, 1.82) is 0 Å². The Labute approximate surface area is 394 Å². The van der Waals surface area contributed by atoms with E-state index in [9.17, 15) is 9.18 Å². The van der Waals surface area contributed by atoms with Crippen molar-refractivity contribution in [2.24, 2.45) is 0 Å². The van der Waals surface area contributed by atoms with E-state index in [-0.39, 0.29) is 47.3 Å². The third-order valence-corrected chi connectivity index (χ3v) is 21.7. The summed E-state index contributed by atoms with van der Waals surface area (Å²) in [5.41, 5.74) is 3.20. The number of ether oxygens (including phenoxy) is 4. The van der Waals surface area contributed by atoms with Gasteiger partial charge in [-0.15, -0.1) is 5.54 Å². The predicted octanol–water partition coefficient (Wildman–Crippen LogP) is 10.8. The monoisotopic (exact) mass is 940 g/mol. The molecule has 2 aromatic carbocycles. The molecule has 2 aromatic heterocycles. The van der Waals surface area contributed by atoms with Gasteiger partial charge < -0.3 is 23.8 Å². The fraction of sp³-hybridized carbons (Fsp3) is 0.615. The smallest absolute Gasteiger partial charge is 0.410 e. The Bertz CT molecular complexity index is 2590. The van der Waals surface area contributed by atoms with Gasteiger partial charge in [-0.2, -0.15) is 0 Å². The quantitative estimate of drug-likeness (QED) is 0.0775. The number of pyridine rings is 1. The third-order valence-electron chi connectivity index (χ3n) is 15.4. The van der Waals surface area contributed by atoms with Gasteiger partial charge >= 0.3 is 6.09 Å². The second-order valence-corrected chi connectivity index (χ2v) is 27.4. The van der Waals surface area contributed by atoms with Crippen molar-refractivity contribution in [3.05, 3.63) is 53.5 Å². The molecule has 4 saturated heterocycles. The lowest BCUT2D eigenvalue weighted by Crippen LogP contribution is -2.57. The first-order chi connectivity index (χ1) is 31.8. The first kappa shape index (κ1) is 47.6. The summed E-state index contributed by atoms with van der Waals surface area (Å²) in [5, 5.41) is 1.44. The van der Waals surface area contributed by atoms with Crippen molar-refractivity contribution < 1.29 is 36.9 Å². The maximum Gasteiger partial charge on any atom is 0.410 e. The number of hydrogen-bond donors (Lipinski definition) is 0. The summed E-state index contributed by atoms with van der Waals surface area (Å²) in [4.78, 5) is 34.9. The zero-order chi connectivity index (χ0) is 47.8. The molecule has 1 aliphatic carbocycles. The number of carbonyl (C=O) groups is 1. The Kier molecular flexibility index (Phi) is 12.6. The molecule has 5 fully saturated rings. The highest BCUT2D eigenvalue weighted by Crippen LogP contribution is 2.52. The van der Waals surface area contributed by atoms with Crippen molar-refractivity contribution >= 4 is 41.7 Å². The average molecular weight is 941 g/mol. The van der Waals surface area contributed by atoms with E-state index in [2.05, 4.69) is 62.8 Å². The molecule has 0 radical (unpaired) electrons. The summed E-state index contributed by atoms with van der Waals surface area (Å²) in [7, 11) is -0.809. The molecule has 4 aliphatic heterocycles. The van der Waals surface area contributed by atoms with Gasteiger partial charge in [0.2, 0.25) is 0 Å². The lowest BCUT2D eigenvalue weighted by molar-refractivity contribution is -0.0341. The van der Waals surface area contributed by atoms with Gasteiger partial charge in [-0.3, -0.25) is 14.8 Å². The normalized spacial score (nSPS) is 23.7. The van der Waals surface area contributed by atoms with E-state index in [4.69, 9.17) is 33.9 Å². The number of anilines is 1. The molecule has 0 spiro atoms. The van der Waals surface area contributed by atoms with E-state index in [1.807, 2.05) is 25.7 Å². The van der Waals surface area contributed by atoms with Crippen LogP contribution in [0.3, 0.4) is 0 Å². The number of benzene rings is 2. The van der Waals surface area contributed by atoms with Crippen molar-refractivity contribution in [2.45, 2.75) is 159 Å². The van der Waals surface area contributed by atoms with Crippen molar-refractivity contribution in [2.75, 3.05) is 51.6 Å². The molecule has 4 atom stereocenters. The van der Waals surface area contributed by atoms with Gasteiger partial charge in [0.1, 0.15) is 54.0 Å². The van der Waals surface area contributed by atoms with Gasteiger partial charge in [0, 0.05) is 55.9 Å². The zero-order valence-corrected chi connectivity index (χ0v) is 41.9. The Morgan fingerprint density at radius 2 is 1.67 bits per heavy atom. The molecule has 9 rings (SSSR count). The first-order valence-electron chi connectivity index (χ1n) is 24.4. The molecule has 0 N–H and O–H groups in total. The third kappa shape index (κ3) is 8.56. The molecule has 360 valence electrons. The largest absolute Gasteiger partial charge is 0.468 e. The van der Waals surface area contributed by atoms with Gasteiger partial charge in [-0.05, 0) is 106 Å². The number of nitrogens with zero attached hydrogens (tertiary/aromatic N) is 6. The fourth-order valence-corrected chi connectivity index (χ4v) is 17.4. The van der Waals surface area contributed by atoms with Gasteiger partial charge in [-0.1, -0.05) is 53.5 Å². The molecule has 1 amide bonds. The van der Waals surface area contributed by atoms with E-state index in [0.29, 0.717) is 101 Å². The lowest BCUT2D eigenvalue weighted by atomic mass is 9.94. The SMILES string of the molecule is COCOc1cc(-c2ncc3c(N4CC5CCC(C4)N5C(=O)OC(C)(C)C)nc(C4(OC[C@@]56CCCN5C[C@H](F)C6)CC4)nc3c2F)c2c(C#C[Si](C(C)C)(C(C)C)C(C)C)c(F)ccc2c1. The molecule has 2 bridgehead atoms. The second-order valence-electron chi connectivity index (χ2n) is 21.8. The number of piperazine rings is 1. The standard InChI is InChI=1S/C52H67F3N6O5Si/c1-31(2)67(32(3)4,33(5)6)21-16-39-42(54)15-12-34-22-38(64-30-63-10)23-40(43(34)39)45-44(55)46-41(25-56-45)47(59-27-36-13-14-37(28-59)61(36)49(62)66-50(7,8)9)58-48(57-46)52(18-19-52)65-29-51-17-11-20-60(51)26-35(53)24-51/h12,15,22-23,25,31-33,35-37H,11,13-14,17-20,24,26-30H2,1-10H3/t35-,36?,37?,51+/m1/s1. The maximum atomic E-state index is 18.1. The van der Waals surface area contributed by atoms with Crippen LogP contribution in [0.15, 0.2) is 30.5 Å². The summed E-state index contributed by atoms with van der Waals surface area (Å²) >= 11 is 0. The van der Waals surface area contributed by atoms with Crippen molar-refractivity contribution in [3.63, 3.8) is 0 Å². The number of halogens is 3. The van der Waals surface area contributed by atoms with Crippen LogP contribution in [-0.4, -0.2) is 115 Å². The maximum absolute atomic E-state index is 18.1. The highest BCUT2D eigenvalue weighted by atomic mass is 28.3. The van der Waals surface area contributed by atoms with Crippen LogP contribution in [0.5, 0.6) is 5.75 Å². The Balaban J connectivity index is 1.20. The molecule has 5 aliphatic rings. The van der Waals surface area contributed by atoms with Crippen LogP contribution in [0.2, 0.25) is 16.6 Å². The summed E-state index contributed by atoms with van der Waals surface area (Å²) < 4.78 is 73.5. The zero-order valence-electron chi connectivity index (χ0n) is 40.9. The van der Waals surface area contributed by atoms with Crippen LogP contribution in [0.1, 0.15) is 119 Å². The minimum atomic E-state index is -2.33. The molecular weight excluding hydrogens is 874 g/mol. The average Bonchev–Trinajstić information content (AvgIpc) is 3.76. The van der Waals surface area contributed by atoms with Crippen LogP contribution in [0.25, 0.3) is 32.9 Å². The minimum Gasteiger partial charge on any atom is -0.468 e. The molecule has 11 nitrogen and oxygen atoms in total. The van der Waals surface area contributed by atoms with E-state index in [1.165, 1.54) is 13.2 Å². The van der Waals surface area contributed by atoms with Crippen LogP contribution < -0.4 is 9.64 Å². The first-order valence-corrected chi connectivity index (χ1v) is 26.6. The Hall–Kier alpha value is -4.49. The Morgan fingerprint density at radius 1 is 0.970 bits per heavy atom. The predicted molar refractivity (Wildman–Crippen MR) is 258 cm³/mol. The lowest BCUT2D eigenvalue weighted by Gasteiger charge is -2.42. The highest BCUT2D eigenvalue weighted by Gasteiger charge is 2.55. The summed E-state index contributed by atoms with van der Waals surface area (Å²) in [6.45, 7) is 21.3. The van der Waals surface area contributed by atoms with Gasteiger partial charge in [-0.25, -0.2) is 27.9 Å². The van der Waals surface area contributed by atoms with Gasteiger partial charge in [0.15, 0.2) is 18.4 Å². The van der Waals surface area contributed by atoms with Crippen LogP contribution in [0, 0.1) is 23.1 Å². The fourth-order valence-electron chi connectivity index (χ4n) is 12.2. The van der Waals surface area contributed by atoms with Gasteiger partial charge in [0.05, 0.1) is 29.6 Å². The molecule has 15 heteroatoms. The summed E-state index contributed by atoms with van der Waals surface area (Å²) in [6.07, 6.45) is 5.46. The van der Waals surface area contributed by atoms with Gasteiger partial charge in [0.25, 0.3) is 0 Å². The molecular formula is C52H67F3N6O5Si. The summed E-state index contributed by atoms with van der Waals surface area (Å²) in [6, 6.07) is 6.24. The van der Waals surface area contributed by atoms with Crippen molar-refractivity contribution in [3.8, 4) is 28.5 Å². The summed E-state index contributed by atoms with van der Waals surface area (Å²) in [5.74, 6) is 3.42. The number of methoxy groups -OCH3 is 1. The molecule has 4 aromatic rings. The molecule has 2 unspecified atom stereocenters. The van der Waals surface area contributed by atoms with E-state index in [0.717, 1.165) is 32.2 Å². The number of carbonyl (C=O) groups excluding carboxylic acids is 1. The number of fused-ring (bicyclic) bond motifs is 5. The Morgan fingerprint density at radius 3 is 2.31 bits per heavy atom. The van der Waals surface area contributed by atoms with Crippen LogP contribution in [-0.2, 0) is 19.8 Å². The van der Waals surface area contributed by atoms with Crippen LogP contribution in [0.4, 0.5) is 23.8 Å². The topological polar surface area (TPSA) is 102 Å². The van der Waals surface area contributed by atoms with Crippen LogP contribution >= 0.6 is 0 Å². The highest BCUT2D eigenvalue weighted by molar-refractivity contribution is 6.90. The number of rotatable bonds is 12. The minimum absolute atomic E-state index is 0.0364. The molecule has 67 heavy (non-hydrogen) atoms. The van der Waals surface area contributed by atoms with E-state index in [1.54, 1.807) is 24.4 Å². The number of alkyl halides is 1. The number of aromatic nitrogens is 3. The van der Waals surface area contributed by atoms with E-state index >= 15 is 8.78 Å².